The van der Waals surface area contributed by atoms with Crippen LogP contribution >= 0.6 is 22.7 Å². The molecule has 0 aromatic carbocycles. The summed E-state index contributed by atoms with van der Waals surface area (Å²) in [4.78, 5) is 0. The number of ether oxygens (including phenoxy) is 3. The van der Waals surface area contributed by atoms with E-state index in [0.29, 0.717) is 33.0 Å². The van der Waals surface area contributed by atoms with Crippen LogP contribution in [0, 0.1) is 0 Å². The third kappa shape index (κ3) is 3.30. The fourth-order valence-electron chi connectivity index (χ4n) is 2.36. The Hall–Kier alpha value is -0.920. The molecule has 3 aromatic rings. The molecule has 0 aliphatic heterocycles. The Bertz CT molecular complexity index is 637. The third-order valence-corrected chi connectivity index (χ3v) is 5.31. The average molecular weight is 325 g/mol. The Morgan fingerprint density at radius 3 is 2.05 bits per heavy atom. The highest BCUT2D eigenvalue weighted by atomic mass is 32.1. The summed E-state index contributed by atoms with van der Waals surface area (Å²) < 4.78 is 21.1. The van der Waals surface area contributed by atoms with Gasteiger partial charge in [-0.2, -0.15) is 0 Å². The van der Waals surface area contributed by atoms with E-state index in [0.717, 1.165) is 6.54 Å². The van der Waals surface area contributed by atoms with Crippen molar-refractivity contribution in [2.24, 2.45) is 0 Å². The van der Waals surface area contributed by atoms with Gasteiger partial charge in [-0.25, -0.2) is 0 Å². The summed E-state index contributed by atoms with van der Waals surface area (Å²) in [5.74, 6) is 0. The van der Waals surface area contributed by atoms with Gasteiger partial charge in [-0.3, -0.25) is 0 Å². The van der Waals surface area contributed by atoms with Crippen molar-refractivity contribution in [1.29, 1.82) is 0 Å². The SMILES string of the molecule is COCCOCCOCCn1c2ccsc2c2sccc21. The van der Waals surface area contributed by atoms with Crippen LogP contribution in [0.4, 0.5) is 0 Å². The molecule has 0 saturated heterocycles. The molecular formula is C15H19NO3S2. The van der Waals surface area contributed by atoms with Gasteiger partial charge in [0.2, 0.25) is 0 Å². The highest BCUT2D eigenvalue weighted by Gasteiger charge is 2.12. The number of methoxy groups -OCH3 is 1. The molecule has 3 rings (SSSR count). The number of hydrogen-bond donors (Lipinski definition) is 0. The van der Waals surface area contributed by atoms with Crippen LogP contribution < -0.4 is 0 Å². The van der Waals surface area contributed by atoms with E-state index in [1.807, 2.05) is 22.7 Å². The van der Waals surface area contributed by atoms with E-state index in [4.69, 9.17) is 14.2 Å². The number of aromatic nitrogens is 1. The molecule has 21 heavy (non-hydrogen) atoms. The van der Waals surface area contributed by atoms with E-state index in [9.17, 15) is 0 Å². The molecule has 114 valence electrons. The molecule has 3 aromatic heterocycles. The first-order valence-corrected chi connectivity index (χ1v) is 8.75. The fourth-order valence-corrected chi connectivity index (χ4v) is 4.34. The summed E-state index contributed by atoms with van der Waals surface area (Å²) in [6.45, 7) is 4.10. The minimum absolute atomic E-state index is 0.622. The van der Waals surface area contributed by atoms with Gasteiger partial charge in [0.1, 0.15) is 0 Å². The van der Waals surface area contributed by atoms with Crippen molar-refractivity contribution in [3.05, 3.63) is 22.9 Å². The maximum Gasteiger partial charge on any atom is 0.0701 e. The van der Waals surface area contributed by atoms with E-state index in [1.54, 1.807) is 7.11 Å². The molecule has 0 radical (unpaired) electrons. The van der Waals surface area contributed by atoms with E-state index >= 15 is 0 Å². The fraction of sp³-hybridized carbons (Fsp3) is 0.467. The highest BCUT2D eigenvalue weighted by molar-refractivity contribution is 7.25. The zero-order valence-corrected chi connectivity index (χ0v) is 13.7. The van der Waals surface area contributed by atoms with Gasteiger partial charge in [0, 0.05) is 13.7 Å². The lowest BCUT2D eigenvalue weighted by Crippen LogP contribution is -2.11. The van der Waals surface area contributed by atoms with Crippen molar-refractivity contribution in [2.45, 2.75) is 6.54 Å². The van der Waals surface area contributed by atoms with Crippen molar-refractivity contribution in [3.8, 4) is 0 Å². The van der Waals surface area contributed by atoms with Crippen LogP contribution in [0.2, 0.25) is 0 Å². The van der Waals surface area contributed by atoms with Gasteiger partial charge in [0.05, 0.1) is 53.5 Å². The molecule has 0 amide bonds. The highest BCUT2D eigenvalue weighted by Crippen LogP contribution is 2.36. The van der Waals surface area contributed by atoms with Crippen LogP contribution in [0.25, 0.3) is 20.4 Å². The second-order valence-electron chi connectivity index (χ2n) is 4.64. The second-order valence-corrected chi connectivity index (χ2v) is 6.47. The van der Waals surface area contributed by atoms with Crippen LogP contribution in [-0.2, 0) is 20.8 Å². The molecule has 0 N–H and O–H groups in total. The Morgan fingerprint density at radius 2 is 1.43 bits per heavy atom. The molecule has 4 nitrogen and oxygen atoms in total. The molecule has 0 saturated carbocycles. The van der Waals surface area contributed by atoms with Crippen LogP contribution in [-0.4, -0.2) is 44.7 Å². The molecular weight excluding hydrogens is 306 g/mol. The van der Waals surface area contributed by atoms with E-state index in [1.165, 1.54) is 20.4 Å². The van der Waals surface area contributed by atoms with Gasteiger partial charge in [-0.15, -0.1) is 22.7 Å². The normalized spacial score (nSPS) is 11.9. The lowest BCUT2D eigenvalue weighted by atomic mass is 10.5. The summed E-state index contributed by atoms with van der Waals surface area (Å²) in [5.41, 5.74) is 2.64. The van der Waals surface area contributed by atoms with Crippen LogP contribution in [0.3, 0.4) is 0 Å². The average Bonchev–Trinajstić information content (AvgIpc) is 3.17. The summed E-state index contributed by atoms with van der Waals surface area (Å²) in [7, 11) is 1.67. The molecule has 3 heterocycles. The minimum atomic E-state index is 0.622. The lowest BCUT2D eigenvalue weighted by Gasteiger charge is -2.08. The summed E-state index contributed by atoms with van der Waals surface area (Å²) in [6, 6.07) is 4.39. The molecule has 0 unspecified atom stereocenters. The van der Waals surface area contributed by atoms with E-state index < -0.39 is 0 Å². The quantitative estimate of drug-likeness (QED) is 0.564. The molecule has 0 aliphatic carbocycles. The maximum atomic E-state index is 5.66. The van der Waals surface area contributed by atoms with Gasteiger partial charge < -0.3 is 18.8 Å². The predicted octanol–water partition coefficient (Wildman–Crippen LogP) is 3.60. The van der Waals surface area contributed by atoms with Gasteiger partial charge >= 0.3 is 0 Å². The molecule has 0 bridgehead atoms. The lowest BCUT2D eigenvalue weighted by molar-refractivity contribution is 0.0234. The second kappa shape index (κ2) is 7.38. The largest absolute Gasteiger partial charge is 0.382 e. The molecule has 6 heteroatoms. The van der Waals surface area contributed by atoms with Crippen LogP contribution in [0.15, 0.2) is 22.9 Å². The zero-order valence-electron chi connectivity index (χ0n) is 12.0. The zero-order chi connectivity index (χ0) is 14.5. The summed E-state index contributed by atoms with van der Waals surface area (Å²) in [6.07, 6.45) is 0. The van der Waals surface area contributed by atoms with Crippen molar-refractivity contribution in [2.75, 3.05) is 40.1 Å². The number of rotatable bonds is 9. The van der Waals surface area contributed by atoms with Crippen molar-refractivity contribution < 1.29 is 14.2 Å². The Labute approximate surface area is 131 Å². The number of nitrogens with zero attached hydrogens (tertiary/aromatic N) is 1. The Balaban J connectivity index is 1.50. The number of hydrogen-bond acceptors (Lipinski definition) is 5. The van der Waals surface area contributed by atoms with E-state index in [2.05, 4.69) is 27.5 Å². The van der Waals surface area contributed by atoms with Crippen molar-refractivity contribution >= 4 is 43.1 Å². The number of thiophene rings is 2. The van der Waals surface area contributed by atoms with Gasteiger partial charge in [-0.1, -0.05) is 0 Å². The smallest absolute Gasteiger partial charge is 0.0701 e. The molecule has 0 aliphatic rings. The summed E-state index contributed by atoms with van der Waals surface area (Å²) in [5, 5.41) is 4.32. The monoisotopic (exact) mass is 325 g/mol. The Morgan fingerprint density at radius 1 is 0.857 bits per heavy atom. The topological polar surface area (TPSA) is 32.6 Å². The van der Waals surface area contributed by atoms with Gasteiger partial charge in [0.25, 0.3) is 0 Å². The number of fused-ring (bicyclic) bond motifs is 3. The predicted molar refractivity (Wildman–Crippen MR) is 88.7 cm³/mol. The first kappa shape index (κ1) is 15.0. The first-order chi connectivity index (χ1) is 10.4. The van der Waals surface area contributed by atoms with Crippen LogP contribution in [0.5, 0.6) is 0 Å². The van der Waals surface area contributed by atoms with Gasteiger partial charge in [-0.05, 0) is 22.9 Å². The van der Waals surface area contributed by atoms with Gasteiger partial charge in [0.15, 0.2) is 0 Å². The first-order valence-electron chi connectivity index (χ1n) is 6.99. The van der Waals surface area contributed by atoms with Crippen molar-refractivity contribution in [3.63, 3.8) is 0 Å². The standard InChI is InChI=1S/C15H19NO3S2/c1-17-6-7-19-9-8-18-5-4-16-12-2-10-20-14(12)15-13(16)3-11-21-15/h2-3,10-11H,4-9H2,1H3. The third-order valence-electron chi connectivity index (χ3n) is 3.34. The Kier molecular flexibility index (Phi) is 5.27. The molecule has 0 spiro atoms. The van der Waals surface area contributed by atoms with E-state index in [-0.39, 0.29) is 0 Å². The summed E-state index contributed by atoms with van der Waals surface area (Å²) >= 11 is 3.63. The molecule has 0 atom stereocenters. The minimum Gasteiger partial charge on any atom is -0.382 e. The van der Waals surface area contributed by atoms with Crippen LogP contribution in [0.1, 0.15) is 0 Å². The maximum absolute atomic E-state index is 5.66. The molecule has 0 fully saturated rings. The van der Waals surface area contributed by atoms with Crippen molar-refractivity contribution in [1.82, 2.24) is 4.57 Å².